The van der Waals surface area contributed by atoms with Crippen molar-refractivity contribution in [1.29, 1.82) is 0 Å². The van der Waals surface area contributed by atoms with Crippen molar-refractivity contribution >= 4 is 43.7 Å². The van der Waals surface area contributed by atoms with Gasteiger partial charge in [-0.25, -0.2) is 0 Å². The standard InChI is InChI=1S/C25H17NO/c1-16-7-6-8-17(15-16)26-21-11-4-2-10-20(21)24-22(26)14-13-19-18-9-3-5-12-23(18)27-25(19)24/h2-15H,1H3. The molecule has 0 radical (unpaired) electrons. The molecular formula is C25H17NO. The number of para-hydroxylation sites is 2. The number of furan rings is 1. The first-order valence-electron chi connectivity index (χ1n) is 9.22. The number of nitrogens with zero attached hydrogens (tertiary/aromatic N) is 1. The van der Waals surface area contributed by atoms with Gasteiger partial charge >= 0.3 is 0 Å². The van der Waals surface area contributed by atoms with E-state index in [9.17, 15) is 0 Å². The van der Waals surface area contributed by atoms with Gasteiger partial charge in [0.25, 0.3) is 0 Å². The molecule has 0 fully saturated rings. The smallest absolute Gasteiger partial charge is 0.145 e. The summed E-state index contributed by atoms with van der Waals surface area (Å²) in [6.45, 7) is 2.13. The first-order chi connectivity index (χ1) is 13.3. The molecule has 0 N–H and O–H groups in total. The van der Waals surface area contributed by atoms with Crippen molar-refractivity contribution in [2.24, 2.45) is 0 Å². The van der Waals surface area contributed by atoms with Crippen LogP contribution in [0.3, 0.4) is 0 Å². The van der Waals surface area contributed by atoms with Gasteiger partial charge in [0.15, 0.2) is 0 Å². The molecule has 0 spiro atoms. The molecule has 6 rings (SSSR count). The molecule has 0 aliphatic rings. The van der Waals surface area contributed by atoms with Crippen molar-refractivity contribution in [3.05, 3.63) is 90.5 Å². The Morgan fingerprint density at radius 3 is 2.37 bits per heavy atom. The molecule has 4 aromatic carbocycles. The molecule has 0 bridgehead atoms. The van der Waals surface area contributed by atoms with E-state index in [1.165, 1.54) is 43.8 Å². The Labute approximate surface area is 156 Å². The Morgan fingerprint density at radius 2 is 1.48 bits per heavy atom. The molecule has 2 heteroatoms. The first kappa shape index (κ1) is 14.6. The van der Waals surface area contributed by atoms with Crippen LogP contribution in [0.4, 0.5) is 0 Å². The lowest BCUT2D eigenvalue weighted by Gasteiger charge is -2.08. The van der Waals surface area contributed by atoms with Crippen LogP contribution in [-0.2, 0) is 0 Å². The van der Waals surface area contributed by atoms with Gasteiger partial charge in [0.2, 0.25) is 0 Å². The summed E-state index contributed by atoms with van der Waals surface area (Å²) in [7, 11) is 0. The van der Waals surface area contributed by atoms with Crippen LogP contribution in [-0.4, -0.2) is 4.57 Å². The van der Waals surface area contributed by atoms with Crippen LogP contribution in [0.5, 0.6) is 0 Å². The third kappa shape index (κ3) is 1.95. The summed E-state index contributed by atoms with van der Waals surface area (Å²) in [5.41, 5.74) is 6.71. The van der Waals surface area contributed by atoms with Gasteiger partial charge in [-0.05, 0) is 48.9 Å². The van der Waals surface area contributed by atoms with Crippen LogP contribution in [0.25, 0.3) is 49.4 Å². The number of fused-ring (bicyclic) bond motifs is 7. The van der Waals surface area contributed by atoms with Crippen LogP contribution >= 0.6 is 0 Å². The second-order valence-electron chi connectivity index (χ2n) is 7.13. The molecule has 0 atom stereocenters. The highest BCUT2D eigenvalue weighted by molar-refractivity contribution is 6.23. The second-order valence-corrected chi connectivity index (χ2v) is 7.13. The van der Waals surface area contributed by atoms with E-state index in [1.54, 1.807) is 0 Å². The van der Waals surface area contributed by atoms with Gasteiger partial charge in [-0.15, -0.1) is 0 Å². The fraction of sp³-hybridized carbons (Fsp3) is 0.0400. The SMILES string of the molecule is Cc1cccc(-n2c3ccccc3c3c4oc5ccccc5c4ccc32)c1. The van der Waals surface area contributed by atoms with E-state index < -0.39 is 0 Å². The van der Waals surface area contributed by atoms with Gasteiger partial charge in [-0.2, -0.15) is 0 Å². The lowest BCUT2D eigenvalue weighted by molar-refractivity contribution is 0.673. The maximum atomic E-state index is 6.33. The molecule has 6 aromatic rings. The molecule has 0 saturated heterocycles. The highest BCUT2D eigenvalue weighted by Gasteiger charge is 2.18. The number of rotatable bonds is 1. The number of hydrogen-bond acceptors (Lipinski definition) is 1. The average Bonchev–Trinajstić information content (AvgIpc) is 3.23. The number of hydrogen-bond donors (Lipinski definition) is 0. The quantitative estimate of drug-likeness (QED) is 0.313. The maximum absolute atomic E-state index is 6.33. The van der Waals surface area contributed by atoms with E-state index in [-0.39, 0.29) is 0 Å². The van der Waals surface area contributed by atoms with E-state index in [0.29, 0.717) is 0 Å². The summed E-state index contributed by atoms with van der Waals surface area (Å²) in [5.74, 6) is 0. The second kappa shape index (κ2) is 5.24. The molecule has 0 saturated carbocycles. The molecule has 2 nitrogen and oxygen atoms in total. The van der Waals surface area contributed by atoms with Gasteiger partial charge in [-0.3, -0.25) is 0 Å². The molecule has 27 heavy (non-hydrogen) atoms. The lowest BCUT2D eigenvalue weighted by atomic mass is 10.1. The lowest BCUT2D eigenvalue weighted by Crippen LogP contribution is -1.93. The monoisotopic (exact) mass is 347 g/mol. The molecular weight excluding hydrogens is 330 g/mol. The predicted octanol–water partition coefficient (Wildman–Crippen LogP) is 6.99. The van der Waals surface area contributed by atoms with E-state index in [0.717, 1.165) is 11.2 Å². The Hall–Kier alpha value is -3.52. The number of benzene rings is 4. The Kier molecular flexibility index (Phi) is 2.84. The van der Waals surface area contributed by atoms with Crippen molar-refractivity contribution in [1.82, 2.24) is 4.57 Å². The largest absolute Gasteiger partial charge is 0.455 e. The summed E-state index contributed by atoms with van der Waals surface area (Å²) >= 11 is 0. The van der Waals surface area contributed by atoms with Crippen LogP contribution in [0.1, 0.15) is 5.56 Å². The van der Waals surface area contributed by atoms with Crippen molar-refractivity contribution in [3.63, 3.8) is 0 Å². The van der Waals surface area contributed by atoms with Crippen LogP contribution in [0.2, 0.25) is 0 Å². The molecule has 0 aliphatic carbocycles. The maximum Gasteiger partial charge on any atom is 0.145 e. The van der Waals surface area contributed by atoms with Crippen LogP contribution < -0.4 is 0 Å². The summed E-state index contributed by atoms with van der Waals surface area (Å²) in [6, 6.07) is 29.9. The van der Waals surface area contributed by atoms with Crippen molar-refractivity contribution < 1.29 is 4.42 Å². The minimum absolute atomic E-state index is 0.937. The Bertz CT molecular complexity index is 1480. The minimum Gasteiger partial charge on any atom is -0.455 e. The number of aromatic nitrogens is 1. The van der Waals surface area contributed by atoms with Gasteiger partial charge in [0.1, 0.15) is 11.2 Å². The van der Waals surface area contributed by atoms with Crippen molar-refractivity contribution in [3.8, 4) is 5.69 Å². The summed E-state index contributed by atoms with van der Waals surface area (Å²) in [5, 5.41) is 4.74. The van der Waals surface area contributed by atoms with Crippen LogP contribution in [0, 0.1) is 6.92 Å². The summed E-state index contributed by atoms with van der Waals surface area (Å²) < 4.78 is 8.67. The van der Waals surface area contributed by atoms with E-state index in [4.69, 9.17) is 4.42 Å². The highest BCUT2D eigenvalue weighted by atomic mass is 16.3. The van der Waals surface area contributed by atoms with Crippen LogP contribution in [0.15, 0.2) is 89.3 Å². The number of aryl methyl sites for hydroxylation is 1. The molecule has 128 valence electrons. The van der Waals surface area contributed by atoms with E-state index >= 15 is 0 Å². The Balaban J connectivity index is 1.87. The minimum atomic E-state index is 0.937. The zero-order chi connectivity index (χ0) is 18.0. The van der Waals surface area contributed by atoms with Gasteiger partial charge in [0, 0.05) is 21.8 Å². The fourth-order valence-electron chi connectivity index (χ4n) is 4.28. The molecule has 0 amide bonds. The predicted molar refractivity (Wildman–Crippen MR) is 113 cm³/mol. The third-order valence-corrected chi connectivity index (χ3v) is 5.44. The zero-order valence-corrected chi connectivity index (χ0v) is 14.9. The third-order valence-electron chi connectivity index (χ3n) is 5.44. The fourth-order valence-corrected chi connectivity index (χ4v) is 4.28. The van der Waals surface area contributed by atoms with Crippen molar-refractivity contribution in [2.75, 3.05) is 0 Å². The summed E-state index contributed by atoms with van der Waals surface area (Å²) in [4.78, 5) is 0. The normalized spacial score (nSPS) is 11.9. The zero-order valence-electron chi connectivity index (χ0n) is 14.9. The van der Waals surface area contributed by atoms with Gasteiger partial charge in [0.05, 0.1) is 16.4 Å². The van der Waals surface area contributed by atoms with E-state index in [2.05, 4.69) is 84.3 Å². The first-order valence-corrected chi connectivity index (χ1v) is 9.22. The van der Waals surface area contributed by atoms with Gasteiger partial charge in [-0.1, -0.05) is 48.5 Å². The van der Waals surface area contributed by atoms with Crippen molar-refractivity contribution in [2.45, 2.75) is 6.92 Å². The molecule has 2 heterocycles. The molecule has 0 unspecified atom stereocenters. The summed E-state index contributed by atoms with van der Waals surface area (Å²) in [6.07, 6.45) is 0. The van der Waals surface area contributed by atoms with Gasteiger partial charge < -0.3 is 8.98 Å². The molecule has 0 aliphatic heterocycles. The topological polar surface area (TPSA) is 18.1 Å². The van der Waals surface area contributed by atoms with E-state index in [1.807, 2.05) is 12.1 Å². The Morgan fingerprint density at radius 1 is 0.667 bits per heavy atom. The average molecular weight is 347 g/mol. The highest BCUT2D eigenvalue weighted by Crippen LogP contribution is 2.40. The molecule has 2 aromatic heterocycles.